The molecule has 5 heterocycles. The van der Waals surface area contributed by atoms with E-state index in [1.807, 2.05) is 15.5 Å². The first-order valence-corrected chi connectivity index (χ1v) is 9.26. The van der Waals surface area contributed by atoms with E-state index in [4.69, 9.17) is 8.94 Å². The van der Waals surface area contributed by atoms with Crippen molar-refractivity contribution in [1.29, 1.82) is 0 Å². The molecule has 1 saturated heterocycles. The summed E-state index contributed by atoms with van der Waals surface area (Å²) in [5.74, 6) is 1.62. The zero-order valence-electron chi connectivity index (χ0n) is 15.1. The van der Waals surface area contributed by atoms with E-state index in [0.717, 1.165) is 12.1 Å². The molecule has 2 amide bonds. The summed E-state index contributed by atoms with van der Waals surface area (Å²) in [4.78, 5) is 30.8. The number of aromatic nitrogens is 3. The van der Waals surface area contributed by atoms with Gasteiger partial charge in [0, 0.05) is 37.3 Å². The van der Waals surface area contributed by atoms with Gasteiger partial charge in [0.1, 0.15) is 0 Å². The van der Waals surface area contributed by atoms with E-state index in [1.165, 1.54) is 6.26 Å². The third kappa shape index (κ3) is 2.98. The summed E-state index contributed by atoms with van der Waals surface area (Å²) in [5, 5.41) is 6.72. The van der Waals surface area contributed by atoms with E-state index in [2.05, 4.69) is 15.5 Å². The minimum Gasteiger partial charge on any atom is -0.459 e. The van der Waals surface area contributed by atoms with E-state index >= 15 is 0 Å². The number of urea groups is 1. The van der Waals surface area contributed by atoms with Gasteiger partial charge >= 0.3 is 6.03 Å². The summed E-state index contributed by atoms with van der Waals surface area (Å²) in [7, 11) is 0. The van der Waals surface area contributed by atoms with Crippen LogP contribution in [-0.2, 0) is 13.1 Å². The number of piperidine rings is 1. The van der Waals surface area contributed by atoms with Crippen molar-refractivity contribution in [1.82, 2.24) is 24.9 Å². The third-order valence-corrected chi connectivity index (χ3v) is 5.36. The summed E-state index contributed by atoms with van der Waals surface area (Å²) in [6.45, 7) is 2.06. The predicted octanol–water partition coefficient (Wildman–Crippen LogP) is 1.82. The fraction of sp³-hybridized carbons (Fsp3) is 0.368. The van der Waals surface area contributed by atoms with Crippen LogP contribution < -0.4 is 10.9 Å². The number of rotatable bonds is 3. The lowest BCUT2D eigenvalue weighted by atomic mass is 9.83. The lowest BCUT2D eigenvalue weighted by Gasteiger charge is -2.42. The topological polar surface area (TPSA) is 106 Å². The summed E-state index contributed by atoms with van der Waals surface area (Å²) in [6, 6.07) is 8.67. The molecule has 0 aromatic carbocycles. The van der Waals surface area contributed by atoms with Crippen LogP contribution in [-0.4, -0.2) is 38.7 Å². The molecular formula is C19H19N5O4. The van der Waals surface area contributed by atoms with Gasteiger partial charge in [0.25, 0.3) is 11.4 Å². The second-order valence-electron chi connectivity index (χ2n) is 7.25. The highest BCUT2D eigenvalue weighted by Crippen LogP contribution is 2.34. The van der Waals surface area contributed by atoms with Gasteiger partial charge in [0.05, 0.1) is 12.8 Å². The predicted molar refractivity (Wildman–Crippen MR) is 97.4 cm³/mol. The van der Waals surface area contributed by atoms with Crippen molar-refractivity contribution in [2.24, 2.45) is 5.92 Å². The van der Waals surface area contributed by atoms with Crippen LogP contribution in [0.5, 0.6) is 0 Å². The standard InChI is InChI=1S/C19H19N5O4/c25-17-5-1-3-14-13-7-12(10-24(14)17)9-23(11-13)19(26)20-8-16-21-18(28-22-16)15-4-2-6-27-15/h1-6,12-13H,7-11H2,(H,20,26)/t12-,13+/m0/s1. The van der Waals surface area contributed by atoms with Crippen molar-refractivity contribution in [2.75, 3.05) is 13.1 Å². The number of carbonyl (C=O) groups is 1. The van der Waals surface area contributed by atoms with Crippen LogP contribution >= 0.6 is 0 Å². The Hall–Kier alpha value is -3.36. The molecule has 28 heavy (non-hydrogen) atoms. The Labute approximate surface area is 159 Å². The van der Waals surface area contributed by atoms with Gasteiger partial charge < -0.3 is 23.7 Å². The SMILES string of the molecule is O=C(NCc1noc(-c2ccco2)n1)N1C[C@@H]2C[C@H](C1)c1cccc(=O)n1C2. The first kappa shape index (κ1) is 16.8. The number of likely N-dealkylation sites (tertiary alicyclic amines) is 1. The van der Waals surface area contributed by atoms with Crippen molar-refractivity contribution in [3.63, 3.8) is 0 Å². The van der Waals surface area contributed by atoms with E-state index in [-0.39, 0.29) is 35.9 Å². The number of pyridine rings is 1. The molecule has 9 nitrogen and oxygen atoms in total. The molecule has 144 valence electrons. The summed E-state index contributed by atoms with van der Waals surface area (Å²) < 4.78 is 12.2. The Balaban J connectivity index is 1.24. The van der Waals surface area contributed by atoms with Crippen LogP contribution in [0.25, 0.3) is 11.7 Å². The third-order valence-electron chi connectivity index (χ3n) is 5.36. The second-order valence-corrected chi connectivity index (χ2v) is 7.25. The fourth-order valence-electron chi connectivity index (χ4n) is 4.15. The molecule has 9 heteroatoms. The molecule has 0 saturated carbocycles. The van der Waals surface area contributed by atoms with Crippen molar-refractivity contribution in [3.8, 4) is 11.7 Å². The van der Waals surface area contributed by atoms with Crippen molar-refractivity contribution in [3.05, 3.63) is 58.5 Å². The minimum atomic E-state index is -0.161. The van der Waals surface area contributed by atoms with E-state index in [1.54, 1.807) is 24.3 Å². The van der Waals surface area contributed by atoms with Gasteiger partial charge in [0.2, 0.25) is 0 Å². The number of nitrogens with one attached hydrogen (secondary N) is 1. The van der Waals surface area contributed by atoms with Crippen LogP contribution in [0.4, 0.5) is 4.79 Å². The van der Waals surface area contributed by atoms with Gasteiger partial charge in [-0.25, -0.2) is 4.79 Å². The van der Waals surface area contributed by atoms with Crippen molar-refractivity contribution in [2.45, 2.75) is 25.4 Å². The average Bonchev–Trinajstić information content (AvgIpc) is 3.38. The van der Waals surface area contributed by atoms with Gasteiger partial charge in [0.15, 0.2) is 11.6 Å². The average molecular weight is 381 g/mol. The molecule has 1 fully saturated rings. The molecule has 5 rings (SSSR count). The maximum atomic E-state index is 12.7. The highest BCUT2D eigenvalue weighted by molar-refractivity contribution is 5.74. The van der Waals surface area contributed by atoms with Gasteiger partial charge in [-0.1, -0.05) is 11.2 Å². The summed E-state index contributed by atoms with van der Waals surface area (Å²) in [5.41, 5.74) is 1.05. The lowest BCUT2D eigenvalue weighted by molar-refractivity contribution is 0.130. The number of amides is 2. The van der Waals surface area contributed by atoms with Gasteiger partial charge in [-0.3, -0.25) is 4.79 Å². The molecule has 3 aromatic rings. The quantitative estimate of drug-likeness (QED) is 0.742. The molecule has 0 aliphatic carbocycles. The number of fused-ring (bicyclic) bond motifs is 4. The minimum absolute atomic E-state index is 0.0366. The van der Waals surface area contributed by atoms with Crippen molar-refractivity contribution < 1.29 is 13.7 Å². The molecular weight excluding hydrogens is 362 g/mol. The summed E-state index contributed by atoms with van der Waals surface area (Å²) in [6.07, 6.45) is 2.53. The number of nitrogens with zero attached hydrogens (tertiary/aromatic N) is 4. The smallest absolute Gasteiger partial charge is 0.317 e. The largest absolute Gasteiger partial charge is 0.459 e. The van der Waals surface area contributed by atoms with Gasteiger partial charge in [-0.15, -0.1) is 0 Å². The van der Waals surface area contributed by atoms with E-state index in [0.29, 0.717) is 31.2 Å². The normalized spacial score (nSPS) is 20.6. The van der Waals surface area contributed by atoms with Crippen LogP contribution in [0.3, 0.4) is 0 Å². The molecule has 1 N–H and O–H groups in total. The monoisotopic (exact) mass is 381 g/mol. The first-order valence-electron chi connectivity index (χ1n) is 9.26. The van der Waals surface area contributed by atoms with Gasteiger partial charge in [-0.05, 0) is 30.5 Å². The Morgan fingerprint density at radius 3 is 3.00 bits per heavy atom. The number of hydrogen-bond acceptors (Lipinski definition) is 6. The lowest BCUT2D eigenvalue weighted by Crippen LogP contribution is -2.51. The molecule has 2 atom stereocenters. The number of hydrogen-bond donors (Lipinski definition) is 1. The van der Waals surface area contributed by atoms with E-state index < -0.39 is 0 Å². The molecule has 2 aliphatic heterocycles. The molecule has 0 radical (unpaired) electrons. The molecule has 3 aromatic heterocycles. The van der Waals surface area contributed by atoms with Gasteiger partial charge in [-0.2, -0.15) is 4.98 Å². The van der Waals surface area contributed by atoms with E-state index in [9.17, 15) is 9.59 Å². The molecule has 0 unspecified atom stereocenters. The summed E-state index contributed by atoms with van der Waals surface area (Å²) >= 11 is 0. The van der Waals surface area contributed by atoms with Crippen LogP contribution in [0.2, 0.25) is 0 Å². The zero-order valence-corrected chi connectivity index (χ0v) is 15.1. The zero-order chi connectivity index (χ0) is 19.1. The number of carbonyl (C=O) groups excluding carboxylic acids is 1. The van der Waals surface area contributed by atoms with Crippen molar-refractivity contribution >= 4 is 6.03 Å². The van der Waals surface area contributed by atoms with Crippen LogP contribution in [0.1, 0.15) is 23.9 Å². The van der Waals surface area contributed by atoms with Crippen LogP contribution in [0, 0.1) is 5.92 Å². The maximum absolute atomic E-state index is 12.7. The molecule has 2 bridgehead atoms. The Morgan fingerprint density at radius 1 is 1.21 bits per heavy atom. The highest BCUT2D eigenvalue weighted by Gasteiger charge is 2.36. The second kappa shape index (κ2) is 6.66. The Bertz CT molecular complexity index is 1050. The Kier molecular flexibility index (Phi) is 4.00. The molecule has 0 spiro atoms. The fourth-order valence-corrected chi connectivity index (χ4v) is 4.15. The number of furan rings is 1. The molecule has 2 aliphatic rings. The maximum Gasteiger partial charge on any atom is 0.317 e. The highest BCUT2D eigenvalue weighted by atomic mass is 16.5. The van der Waals surface area contributed by atoms with Crippen LogP contribution in [0.15, 0.2) is 50.3 Å². The first-order chi connectivity index (χ1) is 13.7. The Morgan fingerprint density at radius 2 is 2.14 bits per heavy atom.